The summed E-state index contributed by atoms with van der Waals surface area (Å²) in [6.45, 7) is 11.0. The van der Waals surface area contributed by atoms with E-state index in [1.165, 1.54) is 17.0 Å². The number of ether oxygens (including phenoxy) is 1. The fourth-order valence-corrected chi connectivity index (χ4v) is 4.84. The number of nitrogens with one attached hydrogen (secondary N) is 2. The molecule has 224 valence electrons. The van der Waals surface area contributed by atoms with Crippen LogP contribution in [0.5, 0.6) is 5.75 Å². The van der Waals surface area contributed by atoms with E-state index in [1.807, 2.05) is 44.2 Å². The molecule has 42 heavy (non-hydrogen) atoms. The van der Waals surface area contributed by atoms with E-state index in [0.29, 0.717) is 21.8 Å². The number of phenolic OH excluding ortho intramolecular Hbond substituents is 1. The van der Waals surface area contributed by atoms with E-state index < -0.39 is 35.6 Å². The summed E-state index contributed by atoms with van der Waals surface area (Å²) in [5.41, 5.74) is 2.88. The molecule has 0 saturated carbocycles. The van der Waals surface area contributed by atoms with E-state index in [2.05, 4.69) is 10.6 Å². The van der Waals surface area contributed by atoms with Gasteiger partial charge in [0.15, 0.2) is 0 Å². The van der Waals surface area contributed by atoms with Crippen LogP contribution in [0, 0.1) is 6.92 Å². The fraction of sp³-hybridized carbons (Fsp3) is 0.364. The number of carbonyl (C=O) groups is 3. The molecule has 2 unspecified atom stereocenters. The predicted molar refractivity (Wildman–Crippen MR) is 166 cm³/mol. The zero-order valence-corrected chi connectivity index (χ0v) is 25.8. The maximum atomic E-state index is 14.3. The monoisotopic (exact) mass is 593 g/mol. The molecule has 0 spiro atoms. The molecule has 3 amide bonds. The Morgan fingerprint density at radius 1 is 0.952 bits per heavy atom. The normalized spacial score (nSPS) is 12.6. The number of amides is 3. The van der Waals surface area contributed by atoms with Crippen molar-refractivity contribution in [2.45, 2.75) is 72.1 Å². The Balaban J connectivity index is 2.04. The van der Waals surface area contributed by atoms with Crippen molar-refractivity contribution in [2.75, 3.05) is 11.9 Å². The lowest BCUT2D eigenvalue weighted by Crippen LogP contribution is -2.53. The van der Waals surface area contributed by atoms with Crippen molar-refractivity contribution in [3.8, 4) is 5.75 Å². The molecule has 2 atom stereocenters. The van der Waals surface area contributed by atoms with Gasteiger partial charge in [0.25, 0.3) is 5.91 Å². The van der Waals surface area contributed by atoms with Gasteiger partial charge in [0.1, 0.15) is 23.4 Å². The third kappa shape index (κ3) is 8.73. The van der Waals surface area contributed by atoms with Crippen LogP contribution in [0.25, 0.3) is 0 Å². The van der Waals surface area contributed by atoms with Crippen molar-refractivity contribution < 1.29 is 24.2 Å². The van der Waals surface area contributed by atoms with Crippen molar-refractivity contribution in [3.05, 3.63) is 94.0 Å². The van der Waals surface area contributed by atoms with E-state index in [1.54, 1.807) is 52.0 Å². The minimum Gasteiger partial charge on any atom is -0.508 e. The molecule has 0 heterocycles. The van der Waals surface area contributed by atoms with Gasteiger partial charge in [-0.25, -0.2) is 4.79 Å². The molecule has 0 saturated heterocycles. The number of halogens is 1. The molecule has 9 heteroatoms. The molecule has 0 radical (unpaired) electrons. The summed E-state index contributed by atoms with van der Waals surface area (Å²) in [4.78, 5) is 42.6. The highest BCUT2D eigenvalue weighted by Crippen LogP contribution is 2.30. The average molecular weight is 594 g/mol. The van der Waals surface area contributed by atoms with E-state index in [-0.39, 0.29) is 18.7 Å². The highest BCUT2D eigenvalue weighted by Gasteiger charge is 2.36. The largest absolute Gasteiger partial charge is 0.508 e. The van der Waals surface area contributed by atoms with Crippen LogP contribution in [0.2, 0.25) is 5.02 Å². The van der Waals surface area contributed by atoms with Gasteiger partial charge in [-0.05, 0) is 81.5 Å². The smallest absolute Gasteiger partial charge is 0.408 e. The van der Waals surface area contributed by atoms with Crippen LogP contribution in [0.1, 0.15) is 62.9 Å². The molecular weight excluding hydrogens is 554 g/mol. The number of carbonyl (C=O) groups excluding carboxylic acids is 3. The van der Waals surface area contributed by atoms with E-state index in [4.69, 9.17) is 16.3 Å². The number of rotatable bonds is 10. The van der Waals surface area contributed by atoms with Crippen LogP contribution in [-0.4, -0.2) is 46.1 Å². The van der Waals surface area contributed by atoms with Crippen LogP contribution >= 0.6 is 11.6 Å². The third-order valence-electron chi connectivity index (χ3n) is 6.72. The number of likely N-dealkylation sites (N-methyl/N-ethyl adjacent to an activating group) is 1. The maximum absolute atomic E-state index is 14.3. The van der Waals surface area contributed by atoms with Crippen molar-refractivity contribution in [2.24, 2.45) is 0 Å². The number of hydrogen-bond acceptors (Lipinski definition) is 5. The van der Waals surface area contributed by atoms with Crippen LogP contribution < -0.4 is 10.6 Å². The summed E-state index contributed by atoms with van der Waals surface area (Å²) in [7, 11) is 0. The topological polar surface area (TPSA) is 108 Å². The summed E-state index contributed by atoms with van der Waals surface area (Å²) in [5, 5.41) is 15.8. The summed E-state index contributed by atoms with van der Waals surface area (Å²) in [5.74, 6) is -0.822. The average Bonchev–Trinajstić information content (AvgIpc) is 2.93. The Bertz CT molecular complexity index is 1360. The number of hydrogen-bond donors (Lipinski definition) is 3. The summed E-state index contributed by atoms with van der Waals surface area (Å²) in [6, 6.07) is 17.2. The lowest BCUT2D eigenvalue weighted by molar-refractivity contribution is -0.140. The molecule has 0 aliphatic heterocycles. The van der Waals surface area contributed by atoms with E-state index >= 15 is 0 Å². The molecule has 0 bridgehead atoms. The molecule has 0 aliphatic carbocycles. The fourth-order valence-electron chi connectivity index (χ4n) is 4.57. The summed E-state index contributed by atoms with van der Waals surface area (Å²) in [6.07, 6.45) is 0.179. The molecule has 0 fully saturated rings. The lowest BCUT2D eigenvalue weighted by atomic mass is 9.99. The van der Waals surface area contributed by atoms with Gasteiger partial charge in [-0.1, -0.05) is 67.1 Å². The molecule has 3 aromatic rings. The lowest BCUT2D eigenvalue weighted by Gasteiger charge is -2.34. The van der Waals surface area contributed by atoms with Gasteiger partial charge in [0, 0.05) is 13.0 Å². The van der Waals surface area contributed by atoms with E-state index in [0.717, 1.165) is 17.5 Å². The highest BCUT2D eigenvalue weighted by atomic mass is 35.5. The minimum absolute atomic E-state index is 0.0824. The van der Waals surface area contributed by atoms with Gasteiger partial charge in [-0.2, -0.15) is 0 Å². The number of para-hydroxylation sites is 1. The van der Waals surface area contributed by atoms with Gasteiger partial charge in [-0.15, -0.1) is 0 Å². The van der Waals surface area contributed by atoms with Crippen molar-refractivity contribution >= 4 is 35.2 Å². The molecule has 3 N–H and O–H groups in total. The second kappa shape index (κ2) is 14.2. The highest BCUT2D eigenvalue weighted by molar-refractivity contribution is 6.34. The summed E-state index contributed by atoms with van der Waals surface area (Å²) < 4.78 is 5.46. The van der Waals surface area contributed by atoms with Gasteiger partial charge < -0.3 is 25.4 Å². The van der Waals surface area contributed by atoms with Crippen molar-refractivity contribution in [1.82, 2.24) is 10.2 Å². The Hall–Kier alpha value is -4.04. The Kier molecular flexibility index (Phi) is 11.0. The van der Waals surface area contributed by atoms with Crippen LogP contribution in [0.15, 0.2) is 66.7 Å². The number of aromatic hydroxyl groups is 1. The SMILES string of the molecule is CCc1ccc(C(C(=O)Nc2c(C)cccc2Cl)N(CC)C(=O)C(Cc2ccc(O)cc2)NC(=O)OC(C)(C)C)cc1. The third-order valence-corrected chi connectivity index (χ3v) is 7.04. The zero-order chi connectivity index (χ0) is 31.0. The molecule has 0 aliphatic rings. The number of alkyl carbamates (subject to hydrolysis) is 1. The van der Waals surface area contributed by atoms with Gasteiger partial charge >= 0.3 is 6.09 Å². The second-order valence-corrected chi connectivity index (χ2v) is 11.5. The minimum atomic E-state index is -1.06. The summed E-state index contributed by atoms with van der Waals surface area (Å²) >= 11 is 6.43. The van der Waals surface area contributed by atoms with Crippen LogP contribution in [0.4, 0.5) is 10.5 Å². The Morgan fingerprint density at radius 2 is 1.57 bits per heavy atom. The molecule has 0 aromatic heterocycles. The predicted octanol–water partition coefficient (Wildman–Crippen LogP) is 6.58. The number of aryl methyl sites for hydroxylation is 2. The van der Waals surface area contributed by atoms with Crippen molar-refractivity contribution in [1.29, 1.82) is 0 Å². The second-order valence-electron chi connectivity index (χ2n) is 11.1. The number of benzene rings is 3. The quantitative estimate of drug-likeness (QED) is 0.246. The molecule has 8 nitrogen and oxygen atoms in total. The number of phenols is 1. The Labute approximate surface area is 253 Å². The van der Waals surface area contributed by atoms with Gasteiger partial charge in [0.2, 0.25) is 5.91 Å². The van der Waals surface area contributed by atoms with Crippen molar-refractivity contribution in [3.63, 3.8) is 0 Å². The van der Waals surface area contributed by atoms with Crippen LogP contribution in [-0.2, 0) is 27.2 Å². The maximum Gasteiger partial charge on any atom is 0.408 e. The Morgan fingerprint density at radius 3 is 2.12 bits per heavy atom. The zero-order valence-electron chi connectivity index (χ0n) is 25.0. The van der Waals surface area contributed by atoms with Crippen LogP contribution in [0.3, 0.4) is 0 Å². The van der Waals surface area contributed by atoms with E-state index in [9.17, 15) is 19.5 Å². The molecule has 3 rings (SSSR count). The number of anilines is 1. The van der Waals surface area contributed by atoms with Gasteiger partial charge in [0.05, 0.1) is 10.7 Å². The first-order valence-corrected chi connectivity index (χ1v) is 14.4. The number of nitrogens with zero attached hydrogens (tertiary/aromatic N) is 1. The van der Waals surface area contributed by atoms with Gasteiger partial charge in [-0.3, -0.25) is 9.59 Å². The standard InChI is InChI=1S/C33H40ClN3O5/c1-7-22-12-16-24(17-13-22)29(30(39)36-28-21(3)10-9-11-26(28)34)37(8-2)31(40)27(35-32(41)42-33(4,5)6)20-23-14-18-25(38)19-15-23/h9-19,27,29,38H,7-8,20H2,1-6H3,(H,35,41)(H,36,39). The molecular formula is C33H40ClN3O5. The first kappa shape index (κ1) is 32.5. The first-order chi connectivity index (χ1) is 19.8. The molecule has 3 aromatic carbocycles. The first-order valence-electron chi connectivity index (χ1n) is 14.1.